The van der Waals surface area contributed by atoms with Crippen LogP contribution in [0.15, 0.2) is 54.6 Å². The number of hydrogen-bond donors (Lipinski definition) is 4. The molecule has 0 saturated heterocycles. The van der Waals surface area contributed by atoms with Crippen LogP contribution in [0.3, 0.4) is 0 Å². The predicted octanol–water partition coefficient (Wildman–Crippen LogP) is 3.71. The molecule has 1 amide bonds. The number of nitrogens with two attached hydrogens (primary N) is 1. The van der Waals surface area contributed by atoms with Gasteiger partial charge in [-0.2, -0.15) is 13.2 Å². The lowest BCUT2D eigenvalue weighted by atomic mass is 10.0. The van der Waals surface area contributed by atoms with Crippen molar-refractivity contribution in [2.24, 2.45) is 5.73 Å². The van der Waals surface area contributed by atoms with Crippen LogP contribution in [0.2, 0.25) is 0 Å². The number of aryl methyl sites for hydroxylation is 1. The average Bonchev–Trinajstić information content (AvgIpc) is 2.66. The van der Waals surface area contributed by atoms with Crippen molar-refractivity contribution < 1.29 is 27.9 Å². The lowest BCUT2D eigenvalue weighted by Crippen LogP contribution is -2.21. The van der Waals surface area contributed by atoms with Crippen LogP contribution in [0, 0.1) is 12.3 Å². The first-order chi connectivity index (χ1) is 14.0. The number of nitrogens with zero attached hydrogens (tertiary/aromatic N) is 1. The number of alkyl halides is 3. The summed E-state index contributed by atoms with van der Waals surface area (Å²) in [6.45, 7) is 1.87. The van der Waals surface area contributed by atoms with E-state index >= 15 is 0 Å². The normalized spacial score (nSPS) is 10.7. The standard InChI is InChI=1S/C18H16N4O.C2HF3O2/c1-11-3-2-4-16(21-11)22-18(23)15-8-6-12-9-14(17(19)20)7-5-13(12)10-15;3-2(4,5)1(6)7/h2-10H,1H3,(H3,19,20)(H,21,22,23);(H,6,7). The van der Waals surface area contributed by atoms with E-state index in [9.17, 15) is 18.0 Å². The molecular weight excluding hydrogens is 401 g/mol. The van der Waals surface area contributed by atoms with Crippen LogP contribution in [0.4, 0.5) is 19.0 Å². The zero-order valence-electron chi connectivity index (χ0n) is 15.6. The molecule has 0 bridgehead atoms. The first-order valence-electron chi connectivity index (χ1n) is 8.40. The number of halogens is 3. The van der Waals surface area contributed by atoms with Gasteiger partial charge in [-0.3, -0.25) is 10.2 Å². The molecule has 1 heterocycles. The summed E-state index contributed by atoms with van der Waals surface area (Å²) in [5.41, 5.74) is 7.56. The molecule has 7 nitrogen and oxygen atoms in total. The van der Waals surface area contributed by atoms with E-state index in [0.717, 1.165) is 16.5 Å². The molecule has 0 radical (unpaired) electrons. The van der Waals surface area contributed by atoms with Gasteiger partial charge in [0.2, 0.25) is 0 Å². The first-order valence-corrected chi connectivity index (χ1v) is 8.40. The number of carbonyl (C=O) groups excluding carboxylic acids is 1. The fourth-order valence-corrected chi connectivity index (χ4v) is 2.36. The lowest BCUT2D eigenvalue weighted by molar-refractivity contribution is -0.192. The maximum absolute atomic E-state index is 12.3. The highest BCUT2D eigenvalue weighted by atomic mass is 19.4. The predicted molar refractivity (Wildman–Crippen MR) is 106 cm³/mol. The Kier molecular flexibility index (Phi) is 6.73. The molecule has 2 aromatic carbocycles. The second kappa shape index (κ2) is 9.03. The minimum Gasteiger partial charge on any atom is -0.475 e. The summed E-state index contributed by atoms with van der Waals surface area (Å²) in [4.78, 5) is 25.5. The summed E-state index contributed by atoms with van der Waals surface area (Å²) < 4.78 is 31.7. The summed E-state index contributed by atoms with van der Waals surface area (Å²) in [5.74, 6) is -2.41. The number of nitrogen functional groups attached to an aromatic ring is 1. The fourth-order valence-electron chi connectivity index (χ4n) is 2.36. The number of rotatable bonds is 3. The van der Waals surface area contributed by atoms with Crippen LogP contribution in [0.25, 0.3) is 10.8 Å². The third-order valence-electron chi connectivity index (χ3n) is 3.79. The zero-order chi connectivity index (χ0) is 22.5. The van der Waals surface area contributed by atoms with Gasteiger partial charge in [-0.25, -0.2) is 9.78 Å². The highest BCUT2D eigenvalue weighted by Crippen LogP contribution is 2.19. The molecule has 0 spiro atoms. The third-order valence-corrected chi connectivity index (χ3v) is 3.79. The smallest absolute Gasteiger partial charge is 0.475 e. The third kappa shape index (κ3) is 6.03. The molecule has 156 valence electrons. The van der Waals surface area contributed by atoms with Crippen molar-refractivity contribution in [2.75, 3.05) is 5.32 Å². The summed E-state index contributed by atoms with van der Waals surface area (Å²) in [7, 11) is 0. The molecule has 5 N–H and O–H groups in total. The molecule has 0 aliphatic heterocycles. The van der Waals surface area contributed by atoms with Crippen molar-refractivity contribution in [3.63, 3.8) is 0 Å². The molecule has 0 unspecified atom stereocenters. The van der Waals surface area contributed by atoms with Crippen LogP contribution in [-0.2, 0) is 4.79 Å². The Balaban J connectivity index is 0.000000396. The number of carboxylic acid groups (broad SMARTS) is 1. The summed E-state index contributed by atoms with van der Waals surface area (Å²) >= 11 is 0. The van der Waals surface area contributed by atoms with E-state index in [1.165, 1.54) is 0 Å². The van der Waals surface area contributed by atoms with Gasteiger partial charge >= 0.3 is 12.1 Å². The van der Waals surface area contributed by atoms with Gasteiger partial charge in [-0.15, -0.1) is 0 Å². The van der Waals surface area contributed by atoms with Gasteiger partial charge in [0.25, 0.3) is 5.91 Å². The summed E-state index contributed by atoms with van der Waals surface area (Å²) in [6.07, 6.45) is -5.08. The molecule has 10 heteroatoms. The van der Waals surface area contributed by atoms with Crippen molar-refractivity contribution in [3.05, 3.63) is 71.4 Å². The Labute approximate surface area is 168 Å². The van der Waals surface area contributed by atoms with Crippen LogP contribution in [0.5, 0.6) is 0 Å². The molecule has 30 heavy (non-hydrogen) atoms. The SMILES string of the molecule is Cc1cccc(NC(=O)c2ccc3cc(C(=N)N)ccc3c2)n1.O=C(O)C(F)(F)F. The molecular formula is C20H17F3N4O3. The quantitative estimate of drug-likeness (QED) is 0.381. The maximum Gasteiger partial charge on any atom is 0.490 e. The van der Waals surface area contributed by atoms with E-state index in [0.29, 0.717) is 16.9 Å². The number of benzene rings is 2. The van der Waals surface area contributed by atoms with E-state index in [-0.39, 0.29) is 11.7 Å². The highest BCUT2D eigenvalue weighted by Gasteiger charge is 2.38. The molecule has 3 aromatic rings. The minimum atomic E-state index is -5.08. The van der Waals surface area contributed by atoms with Gasteiger partial charge in [0, 0.05) is 16.8 Å². The second-order valence-corrected chi connectivity index (χ2v) is 6.11. The van der Waals surface area contributed by atoms with Crippen molar-refractivity contribution >= 4 is 34.3 Å². The molecule has 0 aliphatic rings. The topological polar surface area (TPSA) is 129 Å². The number of carbonyl (C=O) groups is 2. The van der Waals surface area contributed by atoms with Gasteiger partial charge in [-0.05, 0) is 48.0 Å². The van der Waals surface area contributed by atoms with Gasteiger partial charge in [-0.1, -0.05) is 24.3 Å². The zero-order valence-corrected chi connectivity index (χ0v) is 15.6. The largest absolute Gasteiger partial charge is 0.490 e. The molecule has 3 rings (SSSR count). The Morgan fingerprint density at radius 1 is 1.03 bits per heavy atom. The van der Waals surface area contributed by atoms with E-state index in [1.807, 2.05) is 43.3 Å². The number of amides is 1. The lowest BCUT2D eigenvalue weighted by Gasteiger charge is -2.07. The molecule has 0 atom stereocenters. The van der Waals surface area contributed by atoms with Gasteiger partial charge in [0.05, 0.1) is 0 Å². The van der Waals surface area contributed by atoms with Crippen LogP contribution in [0.1, 0.15) is 21.6 Å². The number of anilines is 1. The Hall–Kier alpha value is -3.95. The Morgan fingerprint density at radius 3 is 2.07 bits per heavy atom. The first kappa shape index (κ1) is 22.3. The van der Waals surface area contributed by atoms with Crippen molar-refractivity contribution in [1.29, 1.82) is 5.41 Å². The average molecular weight is 418 g/mol. The molecule has 0 fully saturated rings. The fraction of sp³-hybridized carbons (Fsp3) is 0.100. The number of amidine groups is 1. The van der Waals surface area contributed by atoms with Gasteiger partial charge in [0.1, 0.15) is 11.7 Å². The molecule has 0 aliphatic carbocycles. The number of aliphatic carboxylic acids is 1. The van der Waals surface area contributed by atoms with E-state index < -0.39 is 12.1 Å². The van der Waals surface area contributed by atoms with Crippen molar-refractivity contribution in [3.8, 4) is 0 Å². The highest BCUT2D eigenvalue weighted by molar-refractivity contribution is 6.06. The summed E-state index contributed by atoms with van der Waals surface area (Å²) in [6, 6.07) is 16.3. The number of aromatic nitrogens is 1. The van der Waals surface area contributed by atoms with Gasteiger partial charge in [0.15, 0.2) is 0 Å². The maximum atomic E-state index is 12.3. The van der Waals surface area contributed by atoms with E-state index in [2.05, 4.69) is 10.3 Å². The van der Waals surface area contributed by atoms with Crippen molar-refractivity contribution in [1.82, 2.24) is 4.98 Å². The number of fused-ring (bicyclic) bond motifs is 1. The summed E-state index contributed by atoms with van der Waals surface area (Å²) in [5, 5.41) is 19.2. The number of pyridine rings is 1. The van der Waals surface area contributed by atoms with Crippen molar-refractivity contribution in [2.45, 2.75) is 13.1 Å². The van der Waals surface area contributed by atoms with Gasteiger partial charge < -0.3 is 16.2 Å². The molecule has 1 aromatic heterocycles. The Morgan fingerprint density at radius 2 is 1.57 bits per heavy atom. The number of hydrogen-bond acceptors (Lipinski definition) is 4. The van der Waals surface area contributed by atoms with Crippen LogP contribution < -0.4 is 11.1 Å². The number of nitrogens with one attached hydrogen (secondary N) is 2. The number of carboxylic acids is 1. The van der Waals surface area contributed by atoms with E-state index in [4.69, 9.17) is 21.0 Å². The molecule has 0 saturated carbocycles. The Bertz CT molecular complexity index is 1110. The van der Waals surface area contributed by atoms with Crippen LogP contribution in [-0.4, -0.2) is 34.0 Å². The minimum absolute atomic E-state index is 0.0271. The monoisotopic (exact) mass is 418 g/mol. The van der Waals surface area contributed by atoms with E-state index in [1.54, 1.807) is 18.2 Å². The second-order valence-electron chi connectivity index (χ2n) is 6.11. The van der Waals surface area contributed by atoms with Crippen LogP contribution >= 0.6 is 0 Å².